The first-order chi connectivity index (χ1) is 9.81. The molecule has 108 valence electrons. The van der Waals surface area contributed by atoms with Crippen LogP contribution in [-0.4, -0.2) is 25.3 Å². The molecule has 1 aliphatic carbocycles. The normalized spacial score (nSPS) is 22.2. The number of ether oxygens (including phenoxy) is 2. The second kappa shape index (κ2) is 7.85. The largest absolute Gasteiger partial charge is 0.460 e. The lowest BCUT2D eigenvalue weighted by Crippen LogP contribution is -2.30. The van der Waals surface area contributed by atoms with Gasteiger partial charge in [-0.25, -0.2) is 4.79 Å². The number of hydrogen-bond acceptors (Lipinski definition) is 3. The molecule has 0 spiro atoms. The van der Waals surface area contributed by atoms with E-state index in [1.807, 2.05) is 18.2 Å². The molecular weight excluding hydrogens is 252 g/mol. The van der Waals surface area contributed by atoms with E-state index >= 15 is 0 Å². The van der Waals surface area contributed by atoms with Crippen LogP contribution in [0, 0.1) is 0 Å². The van der Waals surface area contributed by atoms with Crippen molar-refractivity contribution in [2.45, 2.75) is 37.7 Å². The van der Waals surface area contributed by atoms with Crippen LogP contribution in [0.2, 0.25) is 0 Å². The number of carbonyl (C=O) groups excluding carboxylic acids is 1. The Morgan fingerprint density at radius 3 is 2.75 bits per heavy atom. The molecule has 0 aliphatic heterocycles. The summed E-state index contributed by atoms with van der Waals surface area (Å²) in [6, 6.07) is 10.3. The molecule has 20 heavy (non-hydrogen) atoms. The molecule has 1 aliphatic rings. The molecule has 1 aromatic rings. The second-order valence-corrected chi connectivity index (χ2v) is 5.13. The molecule has 0 unspecified atom stereocenters. The summed E-state index contributed by atoms with van der Waals surface area (Å²) in [6.45, 7) is 3.93. The molecule has 0 bridgehead atoms. The highest BCUT2D eigenvalue weighted by Gasteiger charge is 2.29. The van der Waals surface area contributed by atoms with Crippen molar-refractivity contribution >= 4 is 5.97 Å². The standard InChI is InChI=1S/C17H22O3/c1-2-12-19-13-17(18)20-16-11-7-6-10-15(16)14-8-4-3-5-9-14/h2-5,8-9,15-16H,1,6-7,10-13H2/t15-,16+/m1/s1. The van der Waals surface area contributed by atoms with Crippen molar-refractivity contribution in [2.75, 3.05) is 13.2 Å². The van der Waals surface area contributed by atoms with Gasteiger partial charge in [0.15, 0.2) is 0 Å². The highest BCUT2D eigenvalue weighted by molar-refractivity contribution is 5.71. The van der Waals surface area contributed by atoms with Crippen molar-refractivity contribution in [1.29, 1.82) is 0 Å². The molecule has 2 atom stereocenters. The van der Waals surface area contributed by atoms with Crippen LogP contribution in [0.1, 0.15) is 37.2 Å². The highest BCUT2D eigenvalue weighted by atomic mass is 16.6. The summed E-state index contributed by atoms with van der Waals surface area (Å²) in [5.41, 5.74) is 1.26. The van der Waals surface area contributed by atoms with Gasteiger partial charge in [0.05, 0.1) is 6.61 Å². The summed E-state index contributed by atoms with van der Waals surface area (Å²) >= 11 is 0. The lowest BCUT2D eigenvalue weighted by molar-refractivity contribution is -0.156. The number of benzene rings is 1. The van der Waals surface area contributed by atoms with Crippen LogP contribution in [-0.2, 0) is 14.3 Å². The average molecular weight is 274 g/mol. The first-order valence-corrected chi connectivity index (χ1v) is 7.24. The molecule has 0 radical (unpaired) electrons. The van der Waals surface area contributed by atoms with E-state index < -0.39 is 0 Å². The lowest BCUT2D eigenvalue weighted by atomic mass is 9.81. The van der Waals surface area contributed by atoms with E-state index in [0.717, 1.165) is 19.3 Å². The second-order valence-electron chi connectivity index (χ2n) is 5.13. The van der Waals surface area contributed by atoms with Crippen LogP contribution < -0.4 is 0 Å². The van der Waals surface area contributed by atoms with Gasteiger partial charge in [-0.3, -0.25) is 0 Å². The smallest absolute Gasteiger partial charge is 0.332 e. The van der Waals surface area contributed by atoms with Crippen molar-refractivity contribution in [1.82, 2.24) is 0 Å². The van der Waals surface area contributed by atoms with E-state index in [0.29, 0.717) is 12.5 Å². The Balaban J connectivity index is 1.93. The van der Waals surface area contributed by atoms with E-state index in [9.17, 15) is 4.79 Å². The van der Waals surface area contributed by atoms with Gasteiger partial charge in [0.2, 0.25) is 0 Å². The Morgan fingerprint density at radius 2 is 2.00 bits per heavy atom. The zero-order valence-corrected chi connectivity index (χ0v) is 11.8. The zero-order chi connectivity index (χ0) is 14.2. The monoisotopic (exact) mass is 274 g/mol. The first kappa shape index (κ1) is 14.8. The third-order valence-electron chi connectivity index (χ3n) is 3.67. The number of rotatable bonds is 6. The SMILES string of the molecule is C=CCOCC(=O)O[C@H]1CCCC[C@@H]1c1ccccc1. The van der Waals surface area contributed by atoms with Gasteiger partial charge < -0.3 is 9.47 Å². The molecule has 0 saturated heterocycles. The maximum atomic E-state index is 11.8. The minimum absolute atomic E-state index is 0.00400. The first-order valence-electron chi connectivity index (χ1n) is 7.24. The third kappa shape index (κ3) is 4.20. The molecule has 3 nitrogen and oxygen atoms in total. The Kier molecular flexibility index (Phi) is 5.81. The van der Waals surface area contributed by atoms with Gasteiger partial charge in [0.25, 0.3) is 0 Å². The Bertz CT molecular complexity index is 427. The van der Waals surface area contributed by atoms with Crippen LogP contribution in [0.5, 0.6) is 0 Å². The highest BCUT2D eigenvalue weighted by Crippen LogP contribution is 2.34. The lowest BCUT2D eigenvalue weighted by Gasteiger charge is -2.31. The van der Waals surface area contributed by atoms with Gasteiger partial charge >= 0.3 is 5.97 Å². The zero-order valence-electron chi connectivity index (χ0n) is 11.8. The molecule has 0 heterocycles. The Labute approximate surface area is 120 Å². The summed E-state index contributed by atoms with van der Waals surface area (Å²) < 4.78 is 10.7. The molecule has 0 amide bonds. The van der Waals surface area contributed by atoms with E-state index in [1.54, 1.807) is 6.08 Å². The van der Waals surface area contributed by atoms with Gasteiger partial charge in [-0.15, -0.1) is 6.58 Å². The summed E-state index contributed by atoms with van der Waals surface area (Å²) in [4.78, 5) is 11.8. The van der Waals surface area contributed by atoms with Gasteiger partial charge in [0, 0.05) is 5.92 Å². The van der Waals surface area contributed by atoms with E-state index in [1.165, 1.54) is 12.0 Å². The van der Waals surface area contributed by atoms with Gasteiger partial charge in [-0.2, -0.15) is 0 Å². The van der Waals surface area contributed by atoms with Crippen molar-refractivity contribution < 1.29 is 14.3 Å². The third-order valence-corrected chi connectivity index (χ3v) is 3.67. The average Bonchev–Trinajstić information content (AvgIpc) is 2.49. The summed E-state index contributed by atoms with van der Waals surface area (Å²) in [6.07, 6.45) is 5.93. The van der Waals surface area contributed by atoms with Gasteiger partial charge in [-0.05, 0) is 24.8 Å². The van der Waals surface area contributed by atoms with Crippen molar-refractivity contribution in [3.63, 3.8) is 0 Å². The van der Waals surface area contributed by atoms with Gasteiger partial charge in [-0.1, -0.05) is 42.8 Å². The van der Waals surface area contributed by atoms with Gasteiger partial charge in [0.1, 0.15) is 12.7 Å². The molecule has 3 heteroatoms. The molecule has 2 rings (SSSR count). The maximum Gasteiger partial charge on any atom is 0.332 e. The minimum atomic E-state index is -0.278. The van der Waals surface area contributed by atoms with Crippen LogP contribution in [0.15, 0.2) is 43.0 Å². The van der Waals surface area contributed by atoms with Crippen LogP contribution in [0.3, 0.4) is 0 Å². The molecular formula is C17H22O3. The number of esters is 1. The van der Waals surface area contributed by atoms with E-state index in [4.69, 9.17) is 9.47 Å². The quantitative estimate of drug-likeness (QED) is 0.453. The van der Waals surface area contributed by atoms with E-state index in [-0.39, 0.29) is 18.7 Å². The summed E-state index contributed by atoms with van der Waals surface area (Å²) in [5.74, 6) is 0.0352. The fraction of sp³-hybridized carbons (Fsp3) is 0.471. The molecule has 1 fully saturated rings. The predicted octanol–water partition coefficient (Wildman–Crippen LogP) is 3.46. The minimum Gasteiger partial charge on any atom is -0.460 e. The maximum absolute atomic E-state index is 11.8. The van der Waals surface area contributed by atoms with Crippen LogP contribution in [0.25, 0.3) is 0 Å². The molecule has 1 saturated carbocycles. The van der Waals surface area contributed by atoms with Crippen molar-refractivity contribution in [2.24, 2.45) is 0 Å². The summed E-state index contributed by atoms with van der Waals surface area (Å²) in [5, 5.41) is 0. The Hall–Kier alpha value is -1.61. The fourth-order valence-electron chi connectivity index (χ4n) is 2.75. The van der Waals surface area contributed by atoms with E-state index in [2.05, 4.69) is 18.7 Å². The van der Waals surface area contributed by atoms with Crippen molar-refractivity contribution in [3.8, 4) is 0 Å². The number of carbonyl (C=O) groups is 1. The molecule has 1 aromatic carbocycles. The molecule has 0 aromatic heterocycles. The van der Waals surface area contributed by atoms with Crippen LogP contribution >= 0.6 is 0 Å². The topological polar surface area (TPSA) is 35.5 Å². The summed E-state index contributed by atoms with van der Waals surface area (Å²) in [7, 11) is 0. The van der Waals surface area contributed by atoms with Crippen LogP contribution in [0.4, 0.5) is 0 Å². The number of hydrogen-bond donors (Lipinski definition) is 0. The predicted molar refractivity (Wildman–Crippen MR) is 78.5 cm³/mol. The fourth-order valence-corrected chi connectivity index (χ4v) is 2.75. The molecule has 0 N–H and O–H groups in total. The van der Waals surface area contributed by atoms with Crippen molar-refractivity contribution in [3.05, 3.63) is 48.6 Å². The Morgan fingerprint density at radius 1 is 1.25 bits per heavy atom.